The zero-order valence-electron chi connectivity index (χ0n) is 14.1. The normalized spacial score (nSPS) is 12.9. The predicted octanol–water partition coefficient (Wildman–Crippen LogP) is 4.21. The molecule has 0 fully saturated rings. The van der Waals surface area contributed by atoms with Gasteiger partial charge in [-0.3, -0.25) is 4.79 Å². The van der Waals surface area contributed by atoms with Crippen molar-refractivity contribution in [2.24, 2.45) is 0 Å². The van der Waals surface area contributed by atoms with E-state index in [1.54, 1.807) is 4.90 Å². The third-order valence-electron chi connectivity index (χ3n) is 4.65. The molecule has 4 nitrogen and oxygen atoms in total. The van der Waals surface area contributed by atoms with Crippen molar-refractivity contribution in [3.8, 4) is 11.1 Å². The first-order chi connectivity index (χ1) is 12.6. The summed E-state index contributed by atoms with van der Waals surface area (Å²) >= 11 is 0. The smallest absolute Gasteiger partial charge is 0.336 e. The van der Waals surface area contributed by atoms with E-state index in [4.69, 9.17) is 0 Å². The van der Waals surface area contributed by atoms with Gasteiger partial charge in [-0.25, -0.2) is 4.79 Å². The van der Waals surface area contributed by atoms with Crippen molar-refractivity contribution < 1.29 is 14.7 Å². The van der Waals surface area contributed by atoms with Crippen LogP contribution in [-0.4, -0.2) is 21.9 Å². The van der Waals surface area contributed by atoms with Crippen LogP contribution in [0.15, 0.2) is 72.8 Å². The first-order valence-electron chi connectivity index (χ1n) is 8.42. The van der Waals surface area contributed by atoms with Gasteiger partial charge in [-0.1, -0.05) is 60.7 Å². The fourth-order valence-corrected chi connectivity index (χ4v) is 3.39. The molecule has 3 aromatic rings. The number of carboxylic acid groups (broad SMARTS) is 1. The van der Waals surface area contributed by atoms with Gasteiger partial charge >= 0.3 is 5.97 Å². The van der Waals surface area contributed by atoms with Crippen molar-refractivity contribution in [1.29, 1.82) is 0 Å². The van der Waals surface area contributed by atoms with Crippen LogP contribution >= 0.6 is 0 Å². The average molecular weight is 343 g/mol. The lowest BCUT2D eigenvalue weighted by Crippen LogP contribution is -2.23. The zero-order chi connectivity index (χ0) is 18.1. The molecular formula is C22H17NO3. The Hall–Kier alpha value is -3.40. The number of carbonyl (C=O) groups is 2. The summed E-state index contributed by atoms with van der Waals surface area (Å²) in [6.45, 7) is 1.00. The maximum absolute atomic E-state index is 12.8. The van der Waals surface area contributed by atoms with E-state index < -0.39 is 5.97 Å². The van der Waals surface area contributed by atoms with Gasteiger partial charge in [0, 0.05) is 18.7 Å². The van der Waals surface area contributed by atoms with Crippen LogP contribution in [0.2, 0.25) is 0 Å². The molecule has 1 aliphatic heterocycles. The van der Waals surface area contributed by atoms with Gasteiger partial charge in [0.05, 0.1) is 5.56 Å². The average Bonchev–Trinajstić information content (AvgIpc) is 2.97. The molecule has 1 amide bonds. The van der Waals surface area contributed by atoms with Crippen LogP contribution in [0.25, 0.3) is 11.1 Å². The fraction of sp³-hybridized carbons (Fsp3) is 0.0909. The molecule has 1 N–H and O–H groups in total. The van der Waals surface area contributed by atoms with Crippen molar-refractivity contribution >= 4 is 11.9 Å². The summed E-state index contributed by atoms with van der Waals surface area (Å²) in [5.74, 6) is -1.15. The number of carboxylic acids is 1. The summed E-state index contributed by atoms with van der Waals surface area (Å²) in [6.07, 6.45) is 0. The molecule has 0 spiro atoms. The molecule has 128 valence electrons. The summed E-state index contributed by atoms with van der Waals surface area (Å²) in [7, 11) is 0. The highest BCUT2D eigenvalue weighted by molar-refractivity contribution is 6.04. The molecule has 0 saturated heterocycles. The number of hydrogen-bond donors (Lipinski definition) is 1. The summed E-state index contributed by atoms with van der Waals surface area (Å²) in [5.41, 5.74) is 4.04. The highest BCUT2D eigenvalue weighted by Crippen LogP contribution is 2.32. The highest BCUT2D eigenvalue weighted by Gasteiger charge is 2.30. The number of benzene rings is 3. The van der Waals surface area contributed by atoms with Crippen LogP contribution in [-0.2, 0) is 13.1 Å². The predicted molar refractivity (Wildman–Crippen MR) is 98.9 cm³/mol. The van der Waals surface area contributed by atoms with E-state index in [0.29, 0.717) is 24.2 Å². The Kier molecular flexibility index (Phi) is 4.01. The zero-order valence-corrected chi connectivity index (χ0v) is 14.1. The minimum Gasteiger partial charge on any atom is -0.478 e. The Balaban J connectivity index is 1.73. The van der Waals surface area contributed by atoms with Gasteiger partial charge in [-0.2, -0.15) is 0 Å². The lowest BCUT2D eigenvalue weighted by molar-refractivity contribution is 0.0697. The minimum absolute atomic E-state index is 0.119. The molecule has 0 unspecified atom stereocenters. The first kappa shape index (κ1) is 16.1. The monoisotopic (exact) mass is 343 g/mol. The van der Waals surface area contributed by atoms with E-state index in [9.17, 15) is 14.7 Å². The second kappa shape index (κ2) is 6.48. The van der Waals surface area contributed by atoms with Gasteiger partial charge in [0.1, 0.15) is 0 Å². The van der Waals surface area contributed by atoms with Crippen LogP contribution < -0.4 is 0 Å². The van der Waals surface area contributed by atoms with Gasteiger partial charge in [0.2, 0.25) is 0 Å². The number of amides is 1. The van der Waals surface area contributed by atoms with Gasteiger partial charge < -0.3 is 10.0 Å². The SMILES string of the molecule is O=C(O)c1cc2c(cc1-c1ccccc1)CN(Cc1ccccc1)C2=O. The van der Waals surface area contributed by atoms with Crippen LogP contribution in [0.1, 0.15) is 31.8 Å². The van der Waals surface area contributed by atoms with Crippen LogP contribution in [0.5, 0.6) is 0 Å². The van der Waals surface area contributed by atoms with E-state index in [0.717, 1.165) is 16.7 Å². The fourth-order valence-electron chi connectivity index (χ4n) is 3.39. The number of rotatable bonds is 4. The third kappa shape index (κ3) is 2.86. The van der Waals surface area contributed by atoms with Crippen molar-refractivity contribution in [2.45, 2.75) is 13.1 Å². The topological polar surface area (TPSA) is 57.6 Å². The molecule has 4 rings (SSSR count). The van der Waals surface area contributed by atoms with Gasteiger partial charge in [-0.05, 0) is 34.4 Å². The lowest BCUT2D eigenvalue weighted by Gasteiger charge is -2.15. The van der Waals surface area contributed by atoms with Crippen LogP contribution in [0, 0.1) is 0 Å². The summed E-state index contributed by atoms with van der Waals surface area (Å²) < 4.78 is 0. The molecule has 0 bridgehead atoms. The Morgan fingerprint density at radius 3 is 2.23 bits per heavy atom. The lowest BCUT2D eigenvalue weighted by atomic mass is 9.94. The largest absolute Gasteiger partial charge is 0.478 e. The molecule has 0 aliphatic carbocycles. The van der Waals surface area contributed by atoms with Crippen LogP contribution in [0.4, 0.5) is 0 Å². The summed E-state index contributed by atoms with van der Waals surface area (Å²) in [4.78, 5) is 26.3. The standard InChI is InChI=1S/C22H17NO3/c24-21-19-12-20(22(25)26)18(16-9-5-2-6-10-16)11-17(19)14-23(21)13-15-7-3-1-4-8-15/h1-12H,13-14H2,(H,25,26). The summed E-state index contributed by atoms with van der Waals surface area (Å²) in [5, 5.41) is 9.62. The second-order valence-electron chi connectivity index (χ2n) is 6.37. The molecule has 1 aliphatic rings. The van der Waals surface area contributed by atoms with E-state index in [1.807, 2.05) is 66.7 Å². The Morgan fingerprint density at radius 1 is 0.923 bits per heavy atom. The van der Waals surface area contributed by atoms with E-state index in [-0.39, 0.29) is 11.5 Å². The number of aromatic carboxylic acids is 1. The van der Waals surface area contributed by atoms with Crippen molar-refractivity contribution in [2.75, 3.05) is 0 Å². The van der Waals surface area contributed by atoms with E-state index in [1.165, 1.54) is 6.07 Å². The maximum Gasteiger partial charge on any atom is 0.336 e. The third-order valence-corrected chi connectivity index (χ3v) is 4.65. The van der Waals surface area contributed by atoms with Crippen molar-refractivity contribution in [3.05, 3.63) is 95.1 Å². The Labute approximate surface area is 151 Å². The first-order valence-corrected chi connectivity index (χ1v) is 8.42. The molecule has 26 heavy (non-hydrogen) atoms. The molecule has 0 aromatic heterocycles. The number of hydrogen-bond acceptors (Lipinski definition) is 2. The Morgan fingerprint density at radius 2 is 1.58 bits per heavy atom. The Bertz CT molecular complexity index is 981. The summed E-state index contributed by atoms with van der Waals surface area (Å²) in [6, 6.07) is 22.6. The number of nitrogens with zero attached hydrogens (tertiary/aromatic N) is 1. The molecular weight excluding hydrogens is 326 g/mol. The van der Waals surface area contributed by atoms with Gasteiger partial charge in [0.25, 0.3) is 5.91 Å². The van der Waals surface area contributed by atoms with Crippen LogP contribution in [0.3, 0.4) is 0 Å². The quantitative estimate of drug-likeness (QED) is 0.772. The molecule has 0 atom stereocenters. The highest BCUT2D eigenvalue weighted by atomic mass is 16.4. The molecule has 1 heterocycles. The minimum atomic E-state index is -1.03. The van der Waals surface area contributed by atoms with Crippen molar-refractivity contribution in [1.82, 2.24) is 4.90 Å². The molecule has 0 saturated carbocycles. The van der Waals surface area contributed by atoms with Crippen molar-refractivity contribution in [3.63, 3.8) is 0 Å². The van der Waals surface area contributed by atoms with Gasteiger partial charge in [0.15, 0.2) is 0 Å². The van der Waals surface area contributed by atoms with E-state index in [2.05, 4.69) is 0 Å². The van der Waals surface area contributed by atoms with E-state index >= 15 is 0 Å². The maximum atomic E-state index is 12.8. The molecule has 4 heteroatoms. The second-order valence-corrected chi connectivity index (χ2v) is 6.37. The molecule has 3 aromatic carbocycles. The number of fused-ring (bicyclic) bond motifs is 1. The van der Waals surface area contributed by atoms with Gasteiger partial charge in [-0.15, -0.1) is 0 Å². The number of carbonyl (C=O) groups excluding carboxylic acids is 1. The molecule has 0 radical (unpaired) electrons.